The first-order valence-corrected chi connectivity index (χ1v) is 7.08. The van der Waals surface area contributed by atoms with Gasteiger partial charge in [-0.3, -0.25) is 4.68 Å². The predicted octanol–water partition coefficient (Wildman–Crippen LogP) is 2.41. The Bertz CT molecular complexity index is 358. The largest absolute Gasteiger partial charge is 0.376 e. The molecule has 0 aromatic carbocycles. The summed E-state index contributed by atoms with van der Waals surface area (Å²) in [6.07, 6.45) is 10.5. The van der Waals surface area contributed by atoms with Gasteiger partial charge < -0.3 is 10.5 Å². The zero-order valence-electron chi connectivity index (χ0n) is 11.5. The van der Waals surface area contributed by atoms with Crippen LogP contribution in [0.1, 0.15) is 50.6 Å². The van der Waals surface area contributed by atoms with Gasteiger partial charge in [0.1, 0.15) is 0 Å². The maximum Gasteiger partial charge on any atom is 0.0796 e. The lowest BCUT2D eigenvalue weighted by Gasteiger charge is -2.33. The van der Waals surface area contributed by atoms with Gasteiger partial charge in [-0.15, -0.1) is 0 Å². The molecule has 0 spiro atoms. The first-order valence-electron chi connectivity index (χ1n) is 7.08. The standard InChI is InChI=1S/C14H25N3O/c1-3-18-14(11-7-5-4-6-8-11)13(15)12-9-16-17(2)10-12/h9-11,13-14H,3-8,15H2,1-2H3. The van der Waals surface area contributed by atoms with Crippen LogP contribution in [-0.4, -0.2) is 22.5 Å². The second-order valence-electron chi connectivity index (χ2n) is 5.29. The van der Waals surface area contributed by atoms with Crippen molar-refractivity contribution < 1.29 is 4.74 Å². The molecule has 1 aromatic heterocycles. The van der Waals surface area contributed by atoms with Crippen molar-refractivity contribution in [2.24, 2.45) is 18.7 Å². The maximum absolute atomic E-state index is 6.39. The fourth-order valence-corrected chi connectivity index (χ4v) is 2.99. The highest BCUT2D eigenvalue weighted by Crippen LogP contribution is 2.33. The summed E-state index contributed by atoms with van der Waals surface area (Å²) < 4.78 is 7.75. The third kappa shape index (κ3) is 3.12. The highest BCUT2D eigenvalue weighted by atomic mass is 16.5. The summed E-state index contributed by atoms with van der Waals surface area (Å²) in [6, 6.07) is -0.0539. The summed E-state index contributed by atoms with van der Waals surface area (Å²) in [6.45, 7) is 2.78. The van der Waals surface area contributed by atoms with Gasteiger partial charge >= 0.3 is 0 Å². The summed E-state index contributed by atoms with van der Waals surface area (Å²) in [5.41, 5.74) is 7.48. The first-order chi connectivity index (χ1) is 8.72. The van der Waals surface area contributed by atoms with E-state index in [1.165, 1.54) is 32.1 Å². The van der Waals surface area contributed by atoms with Crippen LogP contribution < -0.4 is 5.73 Å². The molecule has 0 saturated heterocycles. The Morgan fingerprint density at radius 2 is 2.17 bits per heavy atom. The molecule has 0 radical (unpaired) electrons. The van der Waals surface area contributed by atoms with Gasteiger partial charge in [-0.2, -0.15) is 5.10 Å². The second kappa shape index (κ2) is 6.34. The van der Waals surface area contributed by atoms with Crippen molar-refractivity contribution in [3.05, 3.63) is 18.0 Å². The fraction of sp³-hybridized carbons (Fsp3) is 0.786. The van der Waals surface area contributed by atoms with Crippen LogP contribution >= 0.6 is 0 Å². The van der Waals surface area contributed by atoms with E-state index in [0.717, 1.165) is 12.2 Å². The summed E-state index contributed by atoms with van der Waals surface area (Å²) >= 11 is 0. The van der Waals surface area contributed by atoms with Crippen molar-refractivity contribution in [2.75, 3.05) is 6.61 Å². The lowest BCUT2D eigenvalue weighted by Crippen LogP contribution is -2.36. The monoisotopic (exact) mass is 251 g/mol. The highest BCUT2D eigenvalue weighted by Gasteiger charge is 2.30. The van der Waals surface area contributed by atoms with Gasteiger partial charge in [0.25, 0.3) is 0 Å². The molecular formula is C14H25N3O. The van der Waals surface area contributed by atoms with Crippen LogP contribution in [0.25, 0.3) is 0 Å². The van der Waals surface area contributed by atoms with Crippen LogP contribution in [0.3, 0.4) is 0 Å². The molecule has 1 fully saturated rings. The molecule has 1 heterocycles. The van der Waals surface area contributed by atoms with Crippen LogP contribution in [0.2, 0.25) is 0 Å². The second-order valence-corrected chi connectivity index (χ2v) is 5.29. The SMILES string of the molecule is CCOC(C1CCCCC1)C(N)c1cnn(C)c1. The molecule has 1 aliphatic rings. The minimum atomic E-state index is -0.0539. The highest BCUT2D eigenvalue weighted by molar-refractivity contribution is 5.12. The summed E-state index contributed by atoms with van der Waals surface area (Å²) in [5, 5.41) is 4.21. The van der Waals surface area contributed by atoms with E-state index in [1.54, 1.807) is 4.68 Å². The van der Waals surface area contributed by atoms with Crippen molar-refractivity contribution in [2.45, 2.75) is 51.2 Å². The molecular weight excluding hydrogens is 226 g/mol. The number of hydrogen-bond donors (Lipinski definition) is 1. The Morgan fingerprint density at radius 3 is 2.72 bits per heavy atom. The molecule has 102 valence electrons. The fourth-order valence-electron chi connectivity index (χ4n) is 2.99. The number of ether oxygens (including phenoxy) is 1. The molecule has 2 N–H and O–H groups in total. The van der Waals surface area contributed by atoms with Crippen molar-refractivity contribution in [1.29, 1.82) is 0 Å². The van der Waals surface area contributed by atoms with E-state index in [4.69, 9.17) is 10.5 Å². The number of hydrogen-bond acceptors (Lipinski definition) is 3. The molecule has 0 bridgehead atoms. The molecule has 0 amide bonds. The van der Waals surface area contributed by atoms with Crippen LogP contribution in [0.5, 0.6) is 0 Å². The Labute approximate surface area is 110 Å². The van der Waals surface area contributed by atoms with E-state index < -0.39 is 0 Å². The molecule has 4 heteroatoms. The van der Waals surface area contributed by atoms with E-state index in [0.29, 0.717) is 5.92 Å². The van der Waals surface area contributed by atoms with Gasteiger partial charge in [0, 0.05) is 25.4 Å². The summed E-state index contributed by atoms with van der Waals surface area (Å²) in [5.74, 6) is 0.605. The number of rotatable bonds is 5. The Balaban J connectivity index is 2.08. The summed E-state index contributed by atoms with van der Waals surface area (Å²) in [7, 11) is 1.92. The molecule has 1 aliphatic carbocycles. The predicted molar refractivity (Wildman–Crippen MR) is 72.1 cm³/mol. The molecule has 2 atom stereocenters. The van der Waals surface area contributed by atoms with E-state index in [9.17, 15) is 0 Å². The minimum Gasteiger partial charge on any atom is -0.376 e. The Morgan fingerprint density at radius 1 is 1.44 bits per heavy atom. The zero-order valence-corrected chi connectivity index (χ0v) is 11.5. The van der Waals surface area contributed by atoms with Crippen molar-refractivity contribution in [3.63, 3.8) is 0 Å². The normalized spacial score (nSPS) is 20.8. The molecule has 2 rings (SSSR count). The summed E-state index contributed by atoms with van der Waals surface area (Å²) in [4.78, 5) is 0. The Hall–Kier alpha value is -0.870. The van der Waals surface area contributed by atoms with E-state index in [2.05, 4.69) is 5.10 Å². The average Bonchev–Trinajstić information content (AvgIpc) is 2.83. The average molecular weight is 251 g/mol. The van der Waals surface area contributed by atoms with Gasteiger partial charge in [-0.05, 0) is 25.7 Å². The molecule has 1 saturated carbocycles. The number of aromatic nitrogens is 2. The van der Waals surface area contributed by atoms with E-state index >= 15 is 0 Å². The van der Waals surface area contributed by atoms with Gasteiger partial charge in [0.05, 0.1) is 18.3 Å². The smallest absolute Gasteiger partial charge is 0.0796 e. The van der Waals surface area contributed by atoms with Gasteiger partial charge in [-0.1, -0.05) is 19.3 Å². The van der Waals surface area contributed by atoms with Crippen LogP contribution in [-0.2, 0) is 11.8 Å². The number of nitrogens with two attached hydrogens (primary N) is 1. The quantitative estimate of drug-likeness (QED) is 0.874. The molecule has 2 unspecified atom stereocenters. The number of aryl methyl sites for hydroxylation is 1. The molecule has 0 aliphatic heterocycles. The van der Waals surface area contributed by atoms with Gasteiger partial charge in [-0.25, -0.2) is 0 Å². The van der Waals surface area contributed by atoms with Crippen molar-refractivity contribution in [1.82, 2.24) is 9.78 Å². The molecule has 1 aromatic rings. The maximum atomic E-state index is 6.39. The third-order valence-corrected chi connectivity index (χ3v) is 3.94. The molecule has 18 heavy (non-hydrogen) atoms. The van der Waals surface area contributed by atoms with E-state index in [1.807, 2.05) is 26.4 Å². The first kappa shape index (κ1) is 13.6. The lowest BCUT2D eigenvalue weighted by atomic mass is 9.81. The van der Waals surface area contributed by atoms with Gasteiger partial charge in [0.15, 0.2) is 0 Å². The number of nitrogens with zero attached hydrogens (tertiary/aromatic N) is 2. The van der Waals surface area contributed by atoms with Crippen molar-refractivity contribution in [3.8, 4) is 0 Å². The van der Waals surface area contributed by atoms with Crippen LogP contribution in [0.15, 0.2) is 12.4 Å². The zero-order chi connectivity index (χ0) is 13.0. The van der Waals surface area contributed by atoms with Crippen LogP contribution in [0, 0.1) is 5.92 Å². The third-order valence-electron chi connectivity index (χ3n) is 3.94. The molecule has 4 nitrogen and oxygen atoms in total. The van der Waals surface area contributed by atoms with E-state index in [-0.39, 0.29) is 12.1 Å². The van der Waals surface area contributed by atoms with Crippen LogP contribution in [0.4, 0.5) is 0 Å². The lowest BCUT2D eigenvalue weighted by molar-refractivity contribution is -0.00986. The van der Waals surface area contributed by atoms with Crippen molar-refractivity contribution >= 4 is 0 Å². The topological polar surface area (TPSA) is 53.1 Å². The van der Waals surface area contributed by atoms with Gasteiger partial charge in [0.2, 0.25) is 0 Å². The Kier molecular flexibility index (Phi) is 4.78. The minimum absolute atomic E-state index is 0.0539.